The molecule has 0 spiro atoms. The van der Waals surface area contributed by atoms with Crippen LogP contribution in [0.15, 0.2) is 29.1 Å². The fourth-order valence-corrected chi connectivity index (χ4v) is 1.59. The molecule has 0 saturated carbocycles. The first kappa shape index (κ1) is 14.1. The number of ether oxygens (including phenoxy) is 1. The van der Waals surface area contributed by atoms with Crippen LogP contribution in [-0.2, 0) is 6.18 Å². The van der Waals surface area contributed by atoms with E-state index in [1.807, 2.05) is 6.92 Å². The number of hydrogen-bond donors (Lipinski definition) is 1. The van der Waals surface area contributed by atoms with Crippen LogP contribution in [0.4, 0.5) is 13.2 Å². The van der Waals surface area contributed by atoms with Crippen LogP contribution in [0.1, 0.15) is 17.1 Å². The second-order valence-electron chi connectivity index (χ2n) is 4.24. The highest BCUT2D eigenvalue weighted by molar-refractivity contribution is 5.35. The van der Waals surface area contributed by atoms with Crippen LogP contribution >= 0.6 is 0 Å². The van der Waals surface area contributed by atoms with E-state index in [-0.39, 0.29) is 11.6 Å². The standard InChI is InChI=1S/C13H11F3N2O2/c1-7-3-5-9(6-4-7)20-10-11(13(14,15)16)17-8(2)18-12(10)19/h3-6H,1-2H3,(H,17,18,19). The number of benzene rings is 1. The minimum Gasteiger partial charge on any atom is -0.449 e. The molecule has 4 nitrogen and oxygen atoms in total. The van der Waals surface area contributed by atoms with Gasteiger partial charge in [-0.15, -0.1) is 0 Å². The third-order valence-electron chi connectivity index (χ3n) is 2.50. The van der Waals surface area contributed by atoms with Crippen molar-refractivity contribution < 1.29 is 17.9 Å². The van der Waals surface area contributed by atoms with Gasteiger partial charge in [0.15, 0.2) is 5.69 Å². The Morgan fingerprint density at radius 2 is 1.75 bits per heavy atom. The Kier molecular flexibility index (Phi) is 3.52. The number of H-pyrrole nitrogens is 1. The Bertz CT molecular complexity index is 675. The molecule has 1 N–H and O–H groups in total. The van der Waals surface area contributed by atoms with E-state index in [0.29, 0.717) is 0 Å². The number of halogens is 3. The quantitative estimate of drug-likeness (QED) is 0.921. The van der Waals surface area contributed by atoms with E-state index in [4.69, 9.17) is 4.74 Å². The molecule has 0 radical (unpaired) electrons. The number of aryl methyl sites for hydroxylation is 2. The van der Waals surface area contributed by atoms with Crippen molar-refractivity contribution >= 4 is 0 Å². The normalized spacial score (nSPS) is 11.4. The van der Waals surface area contributed by atoms with Gasteiger partial charge in [0.05, 0.1) is 0 Å². The predicted octanol–water partition coefficient (Wildman–Crippen LogP) is 3.20. The van der Waals surface area contributed by atoms with Crippen LogP contribution in [0.2, 0.25) is 0 Å². The fraction of sp³-hybridized carbons (Fsp3) is 0.231. The Morgan fingerprint density at radius 1 is 1.15 bits per heavy atom. The topological polar surface area (TPSA) is 55.0 Å². The highest BCUT2D eigenvalue weighted by Crippen LogP contribution is 2.34. The summed E-state index contributed by atoms with van der Waals surface area (Å²) in [5, 5.41) is 0. The number of rotatable bonds is 2. The first-order valence-electron chi connectivity index (χ1n) is 5.70. The van der Waals surface area contributed by atoms with Gasteiger partial charge >= 0.3 is 6.18 Å². The summed E-state index contributed by atoms with van der Waals surface area (Å²) in [6.45, 7) is 3.09. The van der Waals surface area contributed by atoms with Gasteiger partial charge in [0.2, 0.25) is 5.75 Å². The molecular weight excluding hydrogens is 273 g/mol. The third-order valence-corrected chi connectivity index (χ3v) is 2.50. The zero-order valence-electron chi connectivity index (χ0n) is 10.7. The van der Waals surface area contributed by atoms with Crippen molar-refractivity contribution in [1.29, 1.82) is 0 Å². The average molecular weight is 284 g/mol. The molecule has 2 aromatic rings. The zero-order valence-corrected chi connectivity index (χ0v) is 10.7. The summed E-state index contributed by atoms with van der Waals surface area (Å²) in [6.07, 6.45) is -4.76. The van der Waals surface area contributed by atoms with E-state index in [0.717, 1.165) is 5.56 Å². The monoisotopic (exact) mass is 284 g/mol. The lowest BCUT2D eigenvalue weighted by Gasteiger charge is -2.12. The van der Waals surface area contributed by atoms with E-state index >= 15 is 0 Å². The van der Waals surface area contributed by atoms with E-state index in [9.17, 15) is 18.0 Å². The summed E-state index contributed by atoms with van der Waals surface area (Å²) < 4.78 is 43.7. The summed E-state index contributed by atoms with van der Waals surface area (Å²) in [7, 11) is 0. The van der Waals surface area contributed by atoms with Gasteiger partial charge in [-0.3, -0.25) is 4.79 Å². The van der Waals surface area contributed by atoms with Gasteiger partial charge in [-0.2, -0.15) is 13.2 Å². The molecule has 0 aliphatic heterocycles. The molecule has 0 bridgehead atoms. The minimum absolute atomic E-state index is 0.126. The van der Waals surface area contributed by atoms with Gasteiger partial charge in [-0.1, -0.05) is 17.7 Å². The Labute approximate surface area is 112 Å². The molecule has 0 unspecified atom stereocenters. The SMILES string of the molecule is Cc1ccc(Oc2c(C(F)(F)F)nc(C)[nH]c2=O)cc1. The van der Waals surface area contributed by atoms with Gasteiger partial charge in [-0.25, -0.2) is 4.98 Å². The maximum atomic E-state index is 12.9. The average Bonchev–Trinajstić information content (AvgIpc) is 2.33. The lowest BCUT2D eigenvalue weighted by Crippen LogP contribution is -2.20. The number of aromatic nitrogens is 2. The smallest absolute Gasteiger partial charge is 0.437 e. The van der Waals surface area contributed by atoms with Crippen LogP contribution < -0.4 is 10.3 Å². The second kappa shape index (κ2) is 4.99. The van der Waals surface area contributed by atoms with E-state index in [2.05, 4.69) is 9.97 Å². The zero-order chi connectivity index (χ0) is 14.9. The molecule has 1 aromatic heterocycles. The predicted molar refractivity (Wildman–Crippen MR) is 65.8 cm³/mol. The lowest BCUT2D eigenvalue weighted by molar-refractivity contribution is -0.142. The van der Waals surface area contributed by atoms with Crippen LogP contribution in [0, 0.1) is 13.8 Å². The summed E-state index contributed by atoms with van der Waals surface area (Å²) in [4.78, 5) is 17.2. The number of aromatic amines is 1. The fourth-order valence-electron chi connectivity index (χ4n) is 1.59. The summed E-state index contributed by atoms with van der Waals surface area (Å²) in [6, 6.07) is 6.29. The van der Waals surface area contributed by atoms with Crippen LogP contribution in [0.3, 0.4) is 0 Å². The largest absolute Gasteiger partial charge is 0.449 e. The Balaban J connectivity index is 2.50. The molecule has 7 heteroatoms. The van der Waals surface area contributed by atoms with Crippen molar-refractivity contribution in [3.63, 3.8) is 0 Å². The number of alkyl halides is 3. The molecule has 20 heavy (non-hydrogen) atoms. The minimum atomic E-state index is -4.76. The highest BCUT2D eigenvalue weighted by Gasteiger charge is 2.38. The second-order valence-corrected chi connectivity index (χ2v) is 4.24. The van der Waals surface area contributed by atoms with E-state index in [1.54, 1.807) is 12.1 Å². The molecule has 0 aliphatic rings. The third kappa shape index (κ3) is 2.98. The summed E-state index contributed by atoms with van der Waals surface area (Å²) in [5.41, 5.74) is -1.38. The molecule has 0 amide bonds. The molecule has 1 heterocycles. The number of nitrogens with one attached hydrogen (secondary N) is 1. The van der Waals surface area contributed by atoms with Gasteiger partial charge in [0.1, 0.15) is 11.6 Å². The summed E-state index contributed by atoms with van der Waals surface area (Å²) >= 11 is 0. The van der Waals surface area contributed by atoms with Gasteiger partial charge < -0.3 is 9.72 Å². The maximum Gasteiger partial charge on any atom is 0.437 e. The maximum absolute atomic E-state index is 12.9. The van der Waals surface area contributed by atoms with Crippen molar-refractivity contribution in [1.82, 2.24) is 9.97 Å². The van der Waals surface area contributed by atoms with Crippen LogP contribution in [-0.4, -0.2) is 9.97 Å². The summed E-state index contributed by atoms with van der Waals surface area (Å²) in [5.74, 6) is -0.845. The molecular formula is C13H11F3N2O2. The molecule has 0 fully saturated rings. The first-order chi connectivity index (χ1) is 9.27. The number of nitrogens with zero attached hydrogens (tertiary/aromatic N) is 1. The Hall–Kier alpha value is -2.31. The van der Waals surface area contributed by atoms with Gasteiger partial charge in [-0.05, 0) is 26.0 Å². The van der Waals surface area contributed by atoms with Gasteiger partial charge in [0.25, 0.3) is 5.56 Å². The molecule has 0 atom stereocenters. The first-order valence-corrected chi connectivity index (χ1v) is 5.70. The highest BCUT2D eigenvalue weighted by atomic mass is 19.4. The molecule has 1 aromatic carbocycles. The molecule has 0 aliphatic carbocycles. The molecule has 0 saturated heterocycles. The molecule has 106 valence electrons. The lowest BCUT2D eigenvalue weighted by atomic mass is 10.2. The van der Waals surface area contributed by atoms with Crippen LogP contribution in [0.5, 0.6) is 11.5 Å². The van der Waals surface area contributed by atoms with E-state index < -0.39 is 23.2 Å². The number of hydrogen-bond acceptors (Lipinski definition) is 3. The van der Waals surface area contributed by atoms with Crippen molar-refractivity contribution in [3.8, 4) is 11.5 Å². The van der Waals surface area contributed by atoms with Crippen molar-refractivity contribution in [2.24, 2.45) is 0 Å². The van der Waals surface area contributed by atoms with Crippen molar-refractivity contribution in [3.05, 3.63) is 51.7 Å². The molecule has 2 rings (SSSR count). The van der Waals surface area contributed by atoms with Gasteiger partial charge in [0, 0.05) is 0 Å². The van der Waals surface area contributed by atoms with Crippen molar-refractivity contribution in [2.45, 2.75) is 20.0 Å². The van der Waals surface area contributed by atoms with Crippen LogP contribution in [0.25, 0.3) is 0 Å². The van der Waals surface area contributed by atoms with E-state index in [1.165, 1.54) is 19.1 Å². The Morgan fingerprint density at radius 3 is 2.30 bits per heavy atom. The van der Waals surface area contributed by atoms with Crippen molar-refractivity contribution in [2.75, 3.05) is 0 Å².